The Morgan fingerprint density at radius 2 is 2.32 bits per heavy atom. The summed E-state index contributed by atoms with van der Waals surface area (Å²) in [5.41, 5.74) is 1.12. The highest BCUT2D eigenvalue weighted by Crippen LogP contribution is 2.34. The Balaban J connectivity index is 2.11. The van der Waals surface area contributed by atoms with Gasteiger partial charge in [0.2, 0.25) is 10.0 Å². The molecule has 2 unspecified atom stereocenters. The predicted octanol–water partition coefficient (Wildman–Crippen LogP) is 0.732. The zero-order valence-corrected chi connectivity index (χ0v) is 12.5. The highest BCUT2D eigenvalue weighted by molar-refractivity contribution is 7.89. The van der Waals surface area contributed by atoms with Crippen molar-refractivity contribution in [3.05, 3.63) is 22.4 Å². The van der Waals surface area contributed by atoms with Gasteiger partial charge >= 0.3 is 0 Å². The van der Waals surface area contributed by atoms with Crippen molar-refractivity contribution in [1.82, 2.24) is 4.31 Å². The molecule has 1 saturated heterocycles. The number of ether oxygens (including phenoxy) is 1. The first kappa shape index (κ1) is 14.9. The van der Waals surface area contributed by atoms with E-state index < -0.39 is 10.0 Å². The van der Waals surface area contributed by atoms with Crippen LogP contribution in [-0.2, 0) is 14.8 Å². The topological polar surface area (TPSA) is 66.8 Å². The summed E-state index contributed by atoms with van der Waals surface area (Å²) in [5.74, 6) is 0.0679. The largest absolute Gasteiger partial charge is 0.396 e. The maximum atomic E-state index is 12.1. The Bertz CT molecular complexity index is 486. The van der Waals surface area contributed by atoms with Crippen molar-refractivity contribution in [1.29, 1.82) is 0 Å². The highest BCUT2D eigenvalue weighted by Gasteiger charge is 2.38. The van der Waals surface area contributed by atoms with E-state index in [1.54, 1.807) is 11.3 Å². The van der Waals surface area contributed by atoms with Gasteiger partial charge in [-0.25, -0.2) is 12.7 Å². The van der Waals surface area contributed by atoms with Crippen molar-refractivity contribution in [2.75, 3.05) is 39.2 Å². The molecule has 2 atom stereocenters. The molecule has 1 aromatic heterocycles. The fraction of sp³-hybridized carbons (Fsp3) is 0.667. The molecular formula is C12H19NO4S2. The molecule has 1 aliphatic heterocycles. The van der Waals surface area contributed by atoms with Gasteiger partial charge in [-0.3, -0.25) is 0 Å². The molecule has 1 aliphatic rings. The average Bonchev–Trinajstić information content (AvgIpc) is 3.04. The maximum absolute atomic E-state index is 12.1. The number of aliphatic hydroxyl groups excluding tert-OH is 1. The van der Waals surface area contributed by atoms with Gasteiger partial charge in [0.05, 0.1) is 12.4 Å². The Morgan fingerprint density at radius 3 is 2.89 bits per heavy atom. The molecule has 0 aromatic carbocycles. The van der Waals surface area contributed by atoms with Gasteiger partial charge in [0.15, 0.2) is 0 Å². The molecule has 5 nitrogen and oxygen atoms in total. The minimum atomic E-state index is -3.29. The summed E-state index contributed by atoms with van der Waals surface area (Å²) < 4.78 is 30.6. The van der Waals surface area contributed by atoms with Crippen LogP contribution in [0.4, 0.5) is 0 Å². The lowest BCUT2D eigenvalue weighted by atomic mass is 9.92. The summed E-state index contributed by atoms with van der Waals surface area (Å²) in [7, 11) is -1.80. The van der Waals surface area contributed by atoms with Gasteiger partial charge in [0.1, 0.15) is 0 Å². The summed E-state index contributed by atoms with van der Waals surface area (Å²) >= 11 is 1.59. The second-order valence-corrected chi connectivity index (χ2v) is 7.60. The minimum absolute atomic E-state index is 0.00198. The second-order valence-electron chi connectivity index (χ2n) is 4.73. The highest BCUT2D eigenvalue weighted by atomic mass is 32.2. The van der Waals surface area contributed by atoms with Crippen molar-refractivity contribution < 1.29 is 18.3 Å². The van der Waals surface area contributed by atoms with Gasteiger partial charge in [0.25, 0.3) is 0 Å². The number of methoxy groups -OCH3 is 1. The van der Waals surface area contributed by atoms with Crippen LogP contribution in [-0.4, -0.2) is 57.0 Å². The minimum Gasteiger partial charge on any atom is -0.396 e. The van der Waals surface area contributed by atoms with E-state index in [-0.39, 0.29) is 30.8 Å². The van der Waals surface area contributed by atoms with E-state index in [1.165, 1.54) is 11.4 Å². The quantitative estimate of drug-likeness (QED) is 0.841. The number of sulfonamides is 1. The van der Waals surface area contributed by atoms with E-state index in [1.807, 2.05) is 16.8 Å². The molecule has 1 aromatic rings. The van der Waals surface area contributed by atoms with Crippen LogP contribution in [0.5, 0.6) is 0 Å². The van der Waals surface area contributed by atoms with E-state index in [0.717, 1.165) is 5.56 Å². The third-order valence-electron chi connectivity index (χ3n) is 3.55. The van der Waals surface area contributed by atoms with Crippen molar-refractivity contribution in [3.8, 4) is 0 Å². The van der Waals surface area contributed by atoms with E-state index in [4.69, 9.17) is 4.74 Å². The lowest BCUT2D eigenvalue weighted by Gasteiger charge is -2.15. The summed E-state index contributed by atoms with van der Waals surface area (Å²) in [4.78, 5) is 0. The number of nitrogens with zero attached hydrogens (tertiary/aromatic N) is 1. The molecule has 1 N–H and O–H groups in total. The van der Waals surface area contributed by atoms with Gasteiger partial charge in [-0.2, -0.15) is 11.3 Å². The fourth-order valence-corrected chi connectivity index (χ4v) is 4.59. The van der Waals surface area contributed by atoms with Crippen LogP contribution in [0, 0.1) is 5.92 Å². The first-order valence-electron chi connectivity index (χ1n) is 6.18. The molecule has 1 fully saturated rings. The molecule has 0 aliphatic carbocycles. The van der Waals surface area contributed by atoms with Crippen LogP contribution in [0.2, 0.25) is 0 Å². The summed E-state index contributed by atoms with van der Waals surface area (Å²) in [6.45, 7) is 1.06. The monoisotopic (exact) mass is 305 g/mol. The Hall–Kier alpha value is -0.470. The summed E-state index contributed by atoms with van der Waals surface area (Å²) in [6, 6.07) is 2.00. The summed E-state index contributed by atoms with van der Waals surface area (Å²) in [6.07, 6.45) is 0. The van der Waals surface area contributed by atoms with E-state index >= 15 is 0 Å². The lowest BCUT2D eigenvalue weighted by Crippen LogP contribution is -2.32. The molecule has 19 heavy (non-hydrogen) atoms. The Labute approximate surface area is 117 Å². The number of rotatable bonds is 6. The van der Waals surface area contributed by atoms with Crippen molar-refractivity contribution in [2.45, 2.75) is 5.92 Å². The van der Waals surface area contributed by atoms with E-state index in [2.05, 4.69) is 0 Å². The van der Waals surface area contributed by atoms with Crippen molar-refractivity contribution in [2.24, 2.45) is 5.92 Å². The number of aliphatic hydroxyl groups is 1. The lowest BCUT2D eigenvalue weighted by molar-refractivity contribution is 0.214. The third kappa shape index (κ3) is 3.35. The fourth-order valence-electron chi connectivity index (χ4n) is 2.43. The predicted molar refractivity (Wildman–Crippen MR) is 74.9 cm³/mol. The standard InChI is InChI=1S/C12H19NO4S2/c1-17-3-5-19(15,16)13-6-11(8-14)12(7-13)10-2-4-18-9-10/h2,4,9,11-12,14H,3,5-8H2,1H3. The van der Waals surface area contributed by atoms with Gasteiger partial charge < -0.3 is 9.84 Å². The number of thiophene rings is 1. The molecule has 0 spiro atoms. The molecule has 0 amide bonds. The van der Waals surface area contributed by atoms with Crippen LogP contribution >= 0.6 is 11.3 Å². The SMILES string of the molecule is COCCS(=O)(=O)N1CC(CO)C(c2ccsc2)C1. The third-order valence-corrected chi connectivity index (χ3v) is 6.02. The van der Waals surface area contributed by atoms with Crippen LogP contribution in [0.3, 0.4) is 0 Å². The smallest absolute Gasteiger partial charge is 0.216 e. The van der Waals surface area contributed by atoms with Crippen LogP contribution in [0.25, 0.3) is 0 Å². The summed E-state index contributed by atoms with van der Waals surface area (Å²) in [5, 5.41) is 13.5. The van der Waals surface area contributed by atoms with E-state index in [9.17, 15) is 13.5 Å². The molecular weight excluding hydrogens is 286 g/mol. The van der Waals surface area contributed by atoms with Crippen molar-refractivity contribution >= 4 is 21.4 Å². The molecule has 2 heterocycles. The second kappa shape index (κ2) is 6.32. The van der Waals surface area contributed by atoms with Crippen LogP contribution in [0.1, 0.15) is 11.5 Å². The molecule has 0 saturated carbocycles. The van der Waals surface area contributed by atoms with Crippen molar-refractivity contribution in [3.63, 3.8) is 0 Å². The van der Waals surface area contributed by atoms with Gasteiger partial charge in [0, 0.05) is 38.6 Å². The molecule has 7 heteroatoms. The maximum Gasteiger partial charge on any atom is 0.216 e. The van der Waals surface area contributed by atoms with Gasteiger partial charge in [-0.1, -0.05) is 0 Å². The Kier molecular flexibility index (Phi) is 4.97. The first-order chi connectivity index (χ1) is 9.08. The number of hydrogen-bond acceptors (Lipinski definition) is 5. The van der Waals surface area contributed by atoms with E-state index in [0.29, 0.717) is 13.1 Å². The van der Waals surface area contributed by atoms with Crippen LogP contribution < -0.4 is 0 Å². The zero-order chi connectivity index (χ0) is 13.9. The molecule has 0 bridgehead atoms. The normalized spacial score (nSPS) is 24.9. The Morgan fingerprint density at radius 1 is 1.53 bits per heavy atom. The van der Waals surface area contributed by atoms with Gasteiger partial charge in [-0.05, 0) is 22.4 Å². The average molecular weight is 305 g/mol. The zero-order valence-electron chi connectivity index (χ0n) is 10.9. The molecule has 108 valence electrons. The molecule has 0 radical (unpaired) electrons. The number of hydrogen-bond donors (Lipinski definition) is 1. The van der Waals surface area contributed by atoms with Gasteiger partial charge in [-0.15, -0.1) is 0 Å². The molecule has 2 rings (SSSR count). The van der Waals surface area contributed by atoms with Crippen LogP contribution in [0.15, 0.2) is 16.8 Å². The first-order valence-corrected chi connectivity index (χ1v) is 8.73.